The average Bonchev–Trinajstić information content (AvgIpc) is 2.48. The number of carbonyl (C=O) groups is 1. The number of halogens is 3. The monoisotopic (exact) mass is 377 g/mol. The van der Waals surface area contributed by atoms with Gasteiger partial charge in [0, 0.05) is 0 Å². The predicted molar refractivity (Wildman–Crippen MR) is 85.0 cm³/mol. The Kier molecular flexibility index (Phi) is 5.13. The molecule has 0 saturated carbocycles. The zero-order chi connectivity index (χ0) is 17.2. The molecule has 0 unspecified atom stereocenters. The largest absolute Gasteiger partial charge is 0.480 e. The van der Waals surface area contributed by atoms with Gasteiger partial charge in [0.2, 0.25) is 0 Å². The van der Waals surface area contributed by atoms with Gasteiger partial charge < -0.3 is 5.11 Å². The molecule has 5 nitrogen and oxygen atoms in total. The molecule has 0 fully saturated rings. The minimum Gasteiger partial charge on any atom is -0.480 e. The molecule has 1 N–H and O–H groups in total. The summed E-state index contributed by atoms with van der Waals surface area (Å²) in [7, 11) is -4.21. The van der Waals surface area contributed by atoms with Crippen LogP contribution in [0.25, 0.3) is 0 Å². The van der Waals surface area contributed by atoms with Crippen LogP contribution >= 0.6 is 23.2 Å². The van der Waals surface area contributed by atoms with Gasteiger partial charge in [-0.15, -0.1) is 0 Å². The maximum Gasteiger partial charge on any atom is 0.324 e. The molecule has 0 aliphatic heterocycles. The summed E-state index contributed by atoms with van der Waals surface area (Å²) in [5, 5.41) is 9.27. The maximum absolute atomic E-state index is 13.0. The molecule has 0 spiro atoms. The van der Waals surface area contributed by atoms with Crippen LogP contribution in [0, 0.1) is 5.82 Å². The summed E-state index contributed by atoms with van der Waals surface area (Å²) in [6.07, 6.45) is 0. The fourth-order valence-corrected chi connectivity index (χ4v) is 3.51. The maximum atomic E-state index is 13.0. The number of sulfonamides is 1. The van der Waals surface area contributed by atoms with E-state index >= 15 is 0 Å². The second kappa shape index (κ2) is 6.74. The Labute approximate surface area is 141 Å². The van der Waals surface area contributed by atoms with Crippen molar-refractivity contribution in [3.05, 3.63) is 58.3 Å². The second-order valence-corrected chi connectivity index (χ2v) is 7.13. The molecule has 0 aliphatic rings. The average molecular weight is 378 g/mol. The summed E-state index contributed by atoms with van der Waals surface area (Å²) >= 11 is 11.6. The molecule has 0 heterocycles. The quantitative estimate of drug-likeness (QED) is 0.865. The Morgan fingerprint density at radius 1 is 1.09 bits per heavy atom. The van der Waals surface area contributed by atoms with Crippen LogP contribution in [0.3, 0.4) is 0 Å². The molecule has 0 aromatic heterocycles. The first-order valence-corrected chi connectivity index (χ1v) is 8.36. The third kappa shape index (κ3) is 3.93. The van der Waals surface area contributed by atoms with Crippen molar-refractivity contribution in [3.8, 4) is 0 Å². The molecule has 0 radical (unpaired) electrons. The molecule has 2 aromatic carbocycles. The first-order valence-electron chi connectivity index (χ1n) is 6.17. The molecule has 9 heteroatoms. The summed E-state index contributed by atoms with van der Waals surface area (Å²) < 4.78 is 38.9. The minimum absolute atomic E-state index is 0.0334. The molecule has 2 aromatic rings. The molecular weight excluding hydrogens is 368 g/mol. The fourth-order valence-electron chi connectivity index (χ4n) is 1.81. The Hall–Kier alpha value is -1.83. The van der Waals surface area contributed by atoms with Gasteiger partial charge in [-0.1, -0.05) is 23.2 Å². The lowest BCUT2D eigenvalue weighted by atomic mass is 10.3. The molecule has 0 saturated heterocycles. The van der Waals surface area contributed by atoms with Crippen molar-refractivity contribution in [3.63, 3.8) is 0 Å². The first-order chi connectivity index (χ1) is 10.7. The molecule has 122 valence electrons. The lowest BCUT2D eigenvalue weighted by Gasteiger charge is -2.23. The van der Waals surface area contributed by atoms with E-state index in [1.165, 1.54) is 18.2 Å². The van der Waals surface area contributed by atoms with E-state index in [1.54, 1.807) is 0 Å². The highest BCUT2D eigenvalue weighted by atomic mass is 35.5. The number of benzene rings is 2. The molecule has 23 heavy (non-hydrogen) atoms. The van der Waals surface area contributed by atoms with E-state index in [0.717, 1.165) is 24.3 Å². The predicted octanol–water partition coefficient (Wildman–Crippen LogP) is 3.41. The van der Waals surface area contributed by atoms with Crippen molar-refractivity contribution >= 4 is 44.9 Å². The molecule has 0 atom stereocenters. The van der Waals surface area contributed by atoms with Crippen molar-refractivity contribution in [2.24, 2.45) is 0 Å². The Morgan fingerprint density at radius 3 is 2.22 bits per heavy atom. The van der Waals surface area contributed by atoms with Crippen molar-refractivity contribution < 1.29 is 22.7 Å². The molecule has 0 amide bonds. The highest BCUT2D eigenvalue weighted by Gasteiger charge is 2.27. The van der Waals surface area contributed by atoms with E-state index < -0.39 is 28.4 Å². The van der Waals surface area contributed by atoms with Crippen molar-refractivity contribution in [2.75, 3.05) is 10.8 Å². The number of carboxylic acid groups (broad SMARTS) is 1. The zero-order valence-corrected chi connectivity index (χ0v) is 13.7. The lowest BCUT2D eigenvalue weighted by molar-refractivity contribution is -0.135. The molecule has 0 aliphatic carbocycles. The van der Waals surface area contributed by atoms with Gasteiger partial charge in [-0.25, -0.2) is 12.8 Å². The Balaban J connectivity index is 2.55. The summed E-state index contributed by atoms with van der Waals surface area (Å²) in [5.74, 6) is -1.97. The summed E-state index contributed by atoms with van der Waals surface area (Å²) in [6, 6.07) is 7.98. The van der Waals surface area contributed by atoms with Gasteiger partial charge in [0.25, 0.3) is 10.0 Å². The van der Waals surface area contributed by atoms with Crippen molar-refractivity contribution in [1.82, 2.24) is 0 Å². The van der Waals surface area contributed by atoms with Gasteiger partial charge in [-0.2, -0.15) is 0 Å². The topological polar surface area (TPSA) is 74.7 Å². The number of carboxylic acids is 1. The van der Waals surface area contributed by atoms with E-state index in [1.807, 2.05) is 0 Å². The first kappa shape index (κ1) is 17.5. The summed E-state index contributed by atoms with van der Waals surface area (Å²) in [6.45, 7) is -0.822. The Morgan fingerprint density at radius 2 is 1.70 bits per heavy atom. The minimum atomic E-state index is -4.21. The van der Waals surface area contributed by atoms with Gasteiger partial charge in [0.05, 0.1) is 20.6 Å². The zero-order valence-electron chi connectivity index (χ0n) is 11.4. The van der Waals surface area contributed by atoms with Gasteiger partial charge in [0.1, 0.15) is 12.4 Å². The molecule has 2 rings (SSSR count). The normalized spacial score (nSPS) is 11.3. The highest BCUT2D eigenvalue weighted by molar-refractivity contribution is 7.92. The van der Waals surface area contributed by atoms with Gasteiger partial charge in [-0.3, -0.25) is 9.10 Å². The third-order valence-electron chi connectivity index (χ3n) is 2.87. The number of nitrogens with zero attached hydrogens (tertiary/aromatic N) is 1. The number of hydrogen-bond acceptors (Lipinski definition) is 3. The molecular formula is C14H10Cl2FNO4S. The van der Waals surface area contributed by atoms with Crippen LogP contribution in [0.1, 0.15) is 0 Å². The molecule has 0 bridgehead atoms. The van der Waals surface area contributed by atoms with Crippen LogP contribution < -0.4 is 4.31 Å². The lowest BCUT2D eigenvalue weighted by Crippen LogP contribution is -2.35. The summed E-state index contributed by atoms with van der Waals surface area (Å²) in [5.41, 5.74) is 0.0334. The van der Waals surface area contributed by atoms with E-state index in [0.29, 0.717) is 4.31 Å². The van der Waals surface area contributed by atoms with Crippen LogP contribution in [0.15, 0.2) is 47.4 Å². The van der Waals surface area contributed by atoms with Crippen LogP contribution in [-0.2, 0) is 14.8 Å². The second-order valence-electron chi connectivity index (χ2n) is 4.46. The van der Waals surface area contributed by atoms with Gasteiger partial charge in [-0.05, 0) is 42.5 Å². The van der Waals surface area contributed by atoms with Crippen LogP contribution in [0.4, 0.5) is 10.1 Å². The fraction of sp³-hybridized carbons (Fsp3) is 0.0714. The smallest absolute Gasteiger partial charge is 0.324 e. The SMILES string of the molecule is O=C(O)CN(c1ccc(Cl)c(Cl)c1)S(=O)(=O)c1ccc(F)cc1. The van der Waals surface area contributed by atoms with Crippen molar-refractivity contribution in [2.45, 2.75) is 4.90 Å². The standard InChI is InChI=1S/C14H10Cl2FNO4S/c15-12-6-3-10(7-13(12)16)18(8-14(19)20)23(21,22)11-4-1-9(17)2-5-11/h1-7H,8H2,(H,19,20). The highest BCUT2D eigenvalue weighted by Crippen LogP contribution is 2.30. The number of hydrogen-bond donors (Lipinski definition) is 1. The number of rotatable bonds is 5. The van der Waals surface area contributed by atoms with Gasteiger partial charge in [0.15, 0.2) is 0 Å². The van der Waals surface area contributed by atoms with Gasteiger partial charge >= 0.3 is 5.97 Å². The van der Waals surface area contributed by atoms with E-state index in [2.05, 4.69) is 0 Å². The van der Waals surface area contributed by atoms with Crippen LogP contribution in [-0.4, -0.2) is 26.0 Å². The number of aliphatic carboxylic acids is 1. The van der Waals surface area contributed by atoms with E-state index in [4.69, 9.17) is 28.3 Å². The van der Waals surface area contributed by atoms with Crippen LogP contribution in [0.2, 0.25) is 10.0 Å². The van der Waals surface area contributed by atoms with E-state index in [-0.39, 0.29) is 20.6 Å². The summed E-state index contributed by atoms with van der Waals surface area (Å²) in [4.78, 5) is 10.8. The Bertz CT molecular complexity index is 840. The number of anilines is 1. The third-order valence-corrected chi connectivity index (χ3v) is 5.40. The van der Waals surface area contributed by atoms with Crippen LogP contribution in [0.5, 0.6) is 0 Å². The van der Waals surface area contributed by atoms with Crippen molar-refractivity contribution in [1.29, 1.82) is 0 Å². The van der Waals surface area contributed by atoms with E-state index in [9.17, 15) is 17.6 Å².